The molecule has 0 saturated carbocycles. The average Bonchev–Trinajstić information content (AvgIpc) is 3.09. The Morgan fingerprint density at radius 1 is 1.12 bits per heavy atom. The number of aromatic amines is 1. The molecule has 0 radical (unpaired) electrons. The van der Waals surface area contributed by atoms with Gasteiger partial charge in [0.25, 0.3) is 5.91 Å². The quantitative estimate of drug-likeness (QED) is 0.858. The topological polar surface area (TPSA) is 86.4 Å². The van der Waals surface area contributed by atoms with Crippen molar-refractivity contribution in [2.45, 2.75) is 18.9 Å². The van der Waals surface area contributed by atoms with Crippen LogP contribution in [0.25, 0.3) is 11.0 Å². The Bertz CT molecular complexity index is 870. The van der Waals surface area contributed by atoms with E-state index in [9.17, 15) is 13.2 Å². The Morgan fingerprint density at radius 3 is 2.56 bits per heavy atom. The second kappa shape index (κ2) is 6.42. The lowest BCUT2D eigenvalue weighted by Gasteiger charge is -2.40. The summed E-state index contributed by atoms with van der Waals surface area (Å²) >= 11 is 0. The molecule has 0 atom stereocenters. The Balaban J connectivity index is 1.37. The first-order valence-electron chi connectivity index (χ1n) is 8.69. The highest BCUT2D eigenvalue weighted by atomic mass is 32.2. The van der Waals surface area contributed by atoms with Gasteiger partial charge in [0.15, 0.2) is 0 Å². The molecule has 4 rings (SSSR count). The number of imidazole rings is 1. The molecule has 25 heavy (non-hydrogen) atoms. The van der Waals surface area contributed by atoms with Gasteiger partial charge in [-0.15, -0.1) is 0 Å². The van der Waals surface area contributed by atoms with Crippen LogP contribution in [0.5, 0.6) is 0 Å². The lowest BCUT2D eigenvalue weighted by molar-refractivity contribution is 0.0558. The number of fused-ring (bicyclic) bond motifs is 1. The maximum absolute atomic E-state index is 12.7. The van der Waals surface area contributed by atoms with E-state index in [1.807, 2.05) is 23.1 Å². The summed E-state index contributed by atoms with van der Waals surface area (Å²) in [5.74, 6) is 0.629. The van der Waals surface area contributed by atoms with Crippen molar-refractivity contribution in [3.8, 4) is 0 Å². The maximum Gasteiger partial charge on any atom is 0.254 e. The molecule has 0 unspecified atom stereocenters. The van der Waals surface area contributed by atoms with Gasteiger partial charge in [0.1, 0.15) is 9.84 Å². The van der Waals surface area contributed by atoms with E-state index in [-0.39, 0.29) is 5.91 Å². The summed E-state index contributed by atoms with van der Waals surface area (Å²) in [4.78, 5) is 24.2. The molecule has 2 aliphatic heterocycles. The van der Waals surface area contributed by atoms with Crippen LogP contribution in [0.15, 0.2) is 24.5 Å². The SMILES string of the molecule is O=C(c1ccc2nc[nH]c2c1)N1CCN(C2CCS(=O)(=O)CC2)CC1. The van der Waals surface area contributed by atoms with Gasteiger partial charge in [-0.3, -0.25) is 9.69 Å². The third-order valence-corrected chi connectivity index (χ3v) is 7.02. The Morgan fingerprint density at radius 2 is 1.84 bits per heavy atom. The lowest BCUT2D eigenvalue weighted by atomic mass is 10.1. The van der Waals surface area contributed by atoms with Gasteiger partial charge >= 0.3 is 0 Å². The molecular weight excluding hydrogens is 340 g/mol. The van der Waals surface area contributed by atoms with Crippen molar-refractivity contribution < 1.29 is 13.2 Å². The van der Waals surface area contributed by atoms with Crippen LogP contribution in [0.1, 0.15) is 23.2 Å². The number of nitrogens with zero attached hydrogens (tertiary/aromatic N) is 3. The fourth-order valence-corrected chi connectivity index (χ4v) is 5.25. The average molecular weight is 362 g/mol. The summed E-state index contributed by atoms with van der Waals surface area (Å²) in [6.45, 7) is 2.98. The molecule has 1 aromatic carbocycles. The van der Waals surface area contributed by atoms with Gasteiger partial charge in [0.2, 0.25) is 0 Å². The predicted molar refractivity (Wildman–Crippen MR) is 95.2 cm³/mol. The van der Waals surface area contributed by atoms with E-state index in [2.05, 4.69) is 14.9 Å². The molecule has 0 aliphatic carbocycles. The summed E-state index contributed by atoms with van der Waals surface area (Å²) in [6, 6.07) is 5.87. The zero-order valence-electron chi connectivity index (χ0n) is 14.0. The number of hydrogen-bond donors (Lipinski definition) is 1. The molecule has 1 aromatic heterocycles. The van der Waals surface area contributed by atoms with Gasteiger partial charge in [0.05, 0.1) is 28.9 Å². The molecule has 2 aliphatic rings. The van der Waals surface area contributed by atoms with Crippen molar-refractivity contribution in [1.29, 1.82) is 0 Å². The number of amides is 1. The van der Waals surface area contributed by atoms with E-state index in [0.717, 1.165) is 24.1 Å². The number of rotatable bonds is 2. The first-order chi connectivity index (χ1) is 12.0. The van der Waals surface area contributed by atoms with Crippen molar-refractivity contribution in [2.75, 3.05) is 37.7 Å². The van der Waals surface area contributed by atoms with Crippen molar-refractivity contribution in [1.82, 2.24) is 19.8 Å². The van der Waals surface area contributed by atoms with Crippen molar-refractivity contribution in [3.05, 3.63) is 30.1 Å². The maximum atomic E-state index is 12.7. The zero-order chi connectivity index (χ0) is 17.4. The minimum Gasteiger partial charge on any atom is -0.345 e. The number of aromatic nitrogens is 2. The number of hydrogen-bond acceptors (Lipinski definition) is 5. The van der Waals surface area contributed by atoms with Crippen LogP contribution in [-0.4, -0.2) is 77.8 Å². The van der Waals surface area contributed by atoms with E-state index in [1.165, 1.54) is 0 Å². The minimum atomic E-state index is -2.83. The monoisotopic (exact) mass is 362 g/mol. The summed E-state index contributed by atoms with van der Waals surface area (Å²) in [7, 11) is -2.83. The highest BCUT2D eigenvalue weighted by Crippen LogP contribution is 2.21. The summed E-state index contributed by atoms with van der Waals surface area (Å²) < 4.78 is 23.1. The van der Waals surface area contributed by atoms with Gasteiger partial charge in [-0.05, 0) is 31.0 Å². The molecule has 134 valence electrons. The first-order valence-corrected chi connectivity index (χ1v) is 10.5. The fraction of sp³-hybridized carbons (Fsp3) is 0.529. The van der Waals surface area contributed by atoms with E-state index in [4.69, 9.17) is 0 Å². The second-order valence-corrected chi connectivity index (χ2v) is 9.15. The van der Waals surface area contributed by atoms with Gasteiger partial charge in [-0.25, -0.2) is 13.4 Å². The Labute approximate surface area is 146 Å². The molecule has 8 heteroatoms. The van der Waals surface area contributed by atoms with Crippen LogP contribution < -0.4 is 0 Å². The molecule has 2 aromatic rings. The molecule has 0 bridgehead atoms. The number of sulfone groups is 1. The van der Waals surface area contributed by atoms with Crippen LogP contribution in [-0.2, 0) is 9.84 Å². The van der Waals surface area contributed by atoms with Gasteiger partial charge in [-0.2, -0.15) is 0 Å². The normalized spacial score (nSPS) is 22.3. The zero-order valence-corrected chi connectivity index (χ0v) is 14.8. The van der Waals surface area contributed by atoms with Gasteiger partial charge in [-0.1, -0.05) is 0 Å². The highest BCUT2D eigenvalue weighted by molar-refractivity contribution is 7.91. The molecule has 2 saturated heterocycles. The van der Waals surface area contributed by atoms with Crippen LogP contribution in [0.3, 0.4) is 0 Å². The van der Waals surface area contributed by atoms with Gasteiger partial charge in [0, 0.05) is 37.8 Å². The predicted octanol–water partition coefficient (Wildman–Crippen LogP) is 0.898. The van der Waals surface area contributed by atoms with Crippen LogP contribution in [0, 0.1) is 0 Å². The van der Waals surface area contributed by atoms with Crippen LogP contribution in [0.2, 0.25) is 0 Å². The standard InChI is InChI=1S/C17H22N4O3S/c22-17(13-1-2-15-16(11-13)19-12-18-15)21-7-5-20(6-8-21)14-3-9-25(23,24)10-4-14/h1-2,11-12,14H,3-10H2,(H,18,19). The third kappa shape index (κ3) is 3.41. The van der Waals surface area contributed by atoms with Gasteiger partial charge < -0.3 is 9.88 Å². The Kier molecular flexibility index (Phi) is 4.24. The second-order valence-electron chi connectivity index (χ2n) is 6.85. The highest BCUT2D eigenvalue weighted by Gasteiger charge is 2.31. The number of nitrogens with one attached hydrogen (secondary N) is 1. The molecular formula is C17H22N4O3S. The first kappa shape index (κ1) is 16.5. The summed E-state index contributed by atoms with van der Waals surface area (Å²) in [6.07, 6.45) is 3.06. The molecule has 1 amide bonds. The number of carbonyl (C=O) groups is 1. The Hall–Kier alpha value is -1.93. The number of piperazine rings is 1. The smallest absolute Gasteiger partial charge is 0.254 e. The molecule has 1 N–H and O–H groups in total. The van der Waals surface area contributed by atoms with Crippen molar-refractivity contribution in [3.63, 3.8) is 0 Å². The fourth-order valence-electron chi connectivity index (χ4n) is 3.78. The summed E-state index contributed by atoms with van der Waals surface area (Å²) in [5.41, 5.74) is 2.40. The molecule has 7 nitrogen and oxygen atoms in total. The van der Waals surface area contributed by atoms with E-state index < -0.39 is 9.84 Å². The number of carbonyl (C=O) groups excluding carboxylic acids is 1. The number of H-pyrrole nitrogens is 1. The lowest BCUT2D eigenvalue weighted by Crippen LogP contribution is -2.53. The van der Waals surface area contributed by atoms with Crippen molar-refractivity contribution >= 4 is 26.8 Å². The largest absolute Gasteiger partial charge is 0.345 e. The van der Waals surface area contributed by atoms with E-state index >= 15 is 0 Å². The van der Waals surface area contributed by atoms with Crippen LogP contribution >= 0.6 is 0 Å². The number of benzene rings is 1. The van der Waals surface area contributed by atoms with E-state index in [1.54, 1.807) is 6.33 Å². The summed E-state index contributed by atoms with van der Waals surface area (Å²) in [5, 5.41) is 0. The minimum absolute atomic E-state index is 0.0439. The molecule has 0 spiro atoms. The van der Waals surface area contributed by atoms with Crippen molar-refractivity contribution in [2.24, 2.45) is 0 Å². The molecule has 2 fully saturated rings. The third-order valence-electron chi connectivity index (χ3n) is 5.31. The molecule has 3 heterocycles. The van der Waals surface area contributed by atoms with Crippen LogP contribution in [0.4, 0.5) is 0 Å². The van der Waals surface area contributed by atoms with E-state index in [0.29, 0.717) is 49.0 Å².